The number of carbonyl (C=O) groups excluding carboxylic acids is 1. The maximum Gasteiger partial charge on any atom is 0.321 e. The number of aryl methyl sites for hydroxylation is 1. The molecule has 10 nitrogen and oxygen atoms in total. The van der Waals surface area contributed by atoms with Crippen LogP contribution < -0.4 is 5.32 Å². The largest absolute Gasteiger partial charge is 0.385 e. The number of carbonyl (C=O) groups is 1. The lowest BCUT2D eigenvalue weighted by Crippen LogP contribution is -2.42. The maximum atomic E-state index is 12.6. The number of imidazole rings is 1. The summed E-state index contributed by atoms with van der Waals surface area (Å²) in [5, 5.41) is 24.6. The van der Waals surface area contributed by atoms with Crippen LogP contribution in [0.5, 0.6) is 0 Å². The van der Waals surface area contributed by atoms with Gasteiger partial charge in [0.05, 0.1) is 5.69 Å². The zero-order chi connectivity index (χ0) is 19.5. The van der Waals surface area contributed by atoms with E-state index in [-0.39, 0.29) is 11.9 Å². The molecule has 2 N–H and O–H groups in total. The summed E-state index contributed by atoms with van der Waals surface area (Å²) in [7, 11) is 1.87. The smallest absolute Gasteiger partial charge is 0.321 e. The number of hydrogen-bond donors (Lipinski definition) is 2. The number of aliphatic hydroxyl groups excluding tert-OH is 1. The van der Waals surface area contributed by atoms with E-state index in [0.717, 1.165) is 18.5 Å². The summed E-state index contributed by atoms with van der Waals surface area (Å²) < 4.78 is 3.36. The van der Waals surface area contributed by atoms with Crippen LogP contribution in [0.25, 0.3) is 5.69 Å². The van der Waals surface area contributed by atoms with E-state index in [1.54, 1.807) is 11.1 Å². The zero-order valence-corrected chi connectivity index (χ0v) is 15.5. The lowest BCUT2D eigenvalue weighted by atomic mass is 9.91. The molecule has 146 valence electrons. The fourth-order valence-electron chi connectivity index (χ4n) is 3.50. The van der Waals surface area contributed by atoms with Gasteiger partial charge < -0.3 is 19.9 Å². The maximum absolute atomic E-state index is 12.6. The standard InChI is InChI=1S/C18H22N8O2/c1-24-10-7-19-17(24)16(27)13-5-8-25(9-6-13)18(28)21-14-3-2-4-15(11-14)26-12-20-22-23-26/h2-4,7,10-13,16,27H,5-6,8-9H2,1H3,(H,21,28). The van der Waals surface area contributed by atoms with Crippen molar-refractivity contribution in [3.05, 3.63) is 48.8 Å². The van der Waals surface area contributed by atoms with Gasteiger partial charge in [0.15, 0.2) is 0 Å². The van der Waals surface area contributed by atoms with Gasteiger partial charge in [-0.1, -0.05) is 6.07 Å². The molecule has 1 aliphatic heterocycles. The molecule has 4 rings (SSSR count). The Morgan fingerprint density at radius 1 is 1.32 bits per heavy atom. The highest BCUT2D eigenvalue weighted by Crippen LogP contribution is 2.30. The van der Waals surface area contributed by atoms with Gasteiger partial charge in [0, 0.05) is 38.2 Å². The Morgan fingerprint density at radius 2 is 2.14 bits per heavy atom. The Morgan fingerprint density at radius 3 is 2.82 bits per heavy atom. The Balaban J connectivity index is 1.34. The first kappa shape index (κ1) is 18.1. The van der Waals surface area contributed by atoms with E-state index in [1.165, 1.54) is 11.0 Å². The predicted molar refractivity (Wildman–Crippen MR) is 101 cm³/mol. The third-order valence-corrected chi connectivity index (χ3v) is 5.11. The Bertz CT molecular complexity index is 931. The number of anilines is 1. The number of aromatic nitrogens is 6. The van der Waals surface area contributed by atoms with Gasteiger partial charge in [-0.25, -0.2) is 14.5 Å². The molecule has 3 aromatic rings. The molecule has 1 aromatic carbocycles. The minimum atomic E-state index is -0.613. The number of piperidine rings is 1. The van der Waals surface area contributed by atoms with E-state index >= 15 is 0 Å². The van der Waals surface area contributed by atoms with Crippen LogP contribution in [-0.2, 0) is 7.05 Å². The van der Waals surface area contributed by atoms with Gasteiger partial charge in [-0.15, -0.1) is 5.10 Å². The van der Waals surface area contributed by atoms with Crippen LogP contribution in [0.15, 0.2) is 43.0 Å². The highest BCUT2D eigenvalue weighted by atomic mass is 16.3. The number of aliphatic hydroxyl groups is 1. The summed E-state index contributed by atoms with van der Waals surface area (Å²) in [5.74, 6) is 0.760. The van der Waals surface area contributed by atoms with Crippen LogP contribution in [0, 0.1) is 5.92 Å². The summed E-state index contributed by atoms with van der Waals surface area (Å²) in [6, 6.07) is 7.17. The van der Waals surface area contributed by atoms with Gasteiger partial charge >= 0.3 is 6.03 Å². The second kappa shape index (κ2) is 7.77. The van der Waals surface area contributed by atoms with Crippen molar-refractivity contribution < 1.29 is 9.90 Å². The molecule has 10 heteroatoms. The van der Waals surface area contributed by atoms with Gasteiger partial charge in [-0.2, -0.15) is 0 Å². The summed E-state index contributed by atoms with van der Waals surface area (Å²) in [4.78, 5) is 18.6. The van der Waals surface area contributed by atoms with Crippen LogP contribution >= 0.6 is 0 Å². The molecular formula is C18H22N8O2. The first-order valence-electron chi connectivity index (χ1n) is 9.16. The predicted octanol–water partition coefficient (Wildman–Crippen LogP) is 1.37. The van der Waals surface area contributed by atoms with Crippen molar-refractivity contribution in [3.8, 4) is 5.69 Å². The molecule has 2 amide bonds. The van der Waals surface area contributed by atoms with Crippen LogP contribution in [0.2, 0.25) is 0 Å². The fraction of sp³-hybridized carbons (Fsp3) is 0.389. The van der Waals surface area contributed by atoms with Crippen molar-refractivity contribution in [2.24, 2.45) is 13.0 Å². The van der Waals surface area contributed by atoms with Crippen molar-refractivity contribution in [1.29, 1.82) is 0 Å². The molecule has 1 saturated heterocycles. The number of nitrogens with one attached hydrogen (secondary N) is 1. The number of benzene rings is 1. The molecule has 2 aromatic heterocycles. The third kappa shape index (κ3) is 3.72. The van der Waals surface area contributed by atoms with Crippen molar-refractivity contribution in [3.63, 3.8) is 0 Å². The average molecular weight is 382 g/mol. The summed E-state index contributed by atoms with van der Waals surface area (Å²) in [5.41, 5.74) is 1.44. The number of tetrazole rings is 1. The number of rotatable bonds is 4. The lowest BCUT2D eigenvalue weighted by molar-refractivity contribution is 0.0600. The molecule has 1 unspecified atom stereocenters. The molecule has 1 aliphatic rings. The van der Waals surface area contributed by atoms with Crippen LogP contribution in [0.4, 0.5) is 10.5 Å². The van der Waals surface area contributed by atoms with Crippen molar-refractivity contribution in [2.75, 3.05) is 18.4 Å². The first-order chi connectivity index (χ1) is 13.6. The van der Waals surface area contributed by atoms with Crippen molar-refractivity contribution in [2.45, 2.75) is 18.9 Å². The molecule has 0 saturated carbocycles. The summed E-state index contributed by atoms with van der Waals surface area (Å²) in [6.07, 6.45) is 5.85. The Hall–Kier alpha value is -3.27. The Labute approximate surface area is 161 Å². The van der Waals surface area contributed by atoms with Crippen LogP contribution in [0.3, 0.4) is 0 Å². The second-order valence-corrected chi connectivity index (χ2v) is 6.90. The zero-order valence-electron chi connectivity index (χ0n) is 15.5. The topological polar surface area (TPSA) is 114 Å². The molecule has 0 aliphatic carbocycles. The van der Waals surface area contributed by atoms with Crippen molar-refractivity contribution >= 4 is 11.7 Å². The Kier molecular flexibility index (Phi) is 5.02. The SMILES string of the molecule is Cn1ccnc1C(O)C1CCN(C(=O)Nc2cccc(-n3cnnn3)c2)CC1. The first-order valence-corrected chi connectivity index (χ1v) is 9.16. The number of urea groups is 1. The second-order valence-electron chi connectivity index (χ2n) is 6.90. The van der Waals surface area contributed by atoms with E-state index in [9.17, 15) is 9.90 Å². The minimum absolute atomic E-state index is 0.0910. The highest BCUT2D eigenvalue weighted by molar-refractivity contribution is 5.89. The molecule has 28 heavy (non-hydrogen) atoms. The van der Waals surface area contributed by atoms with E-state index in [1.807, 2.05) is 42.1 Å². The molecule has 0 bridgehead atoms. The molecule has 3 heterocycles. The van der Waals surface area contributed by atoms with E-state index in [2.05, 4.69) is 25.8 Å². The van der Waals surface area contributed by atoms with Gasteiger partial charge in [0.25, 0.3) is 0 Å². The molecule has 0 spiro atoms. The summed E-state index contributed by atoms with van der Waals surface area (Å²) >= 11 is 0. The van der Waals surface area contributed by atoms with E-state index in [0.29, 0.717) is 24.6 Å². The van der Waals surface area contributed by atoms with Crippen molar-refractivity contribution in [1.82, 2.24) is 34.7 Å². The normalized spacial score (nSPS) is 16.1. The lowest BCUT2D eigenvalue weighted by Gasteiger charge is -2.34. The van der Waals surface area contributed by atoms with Gasteiger partial charge in [-0.05, 0) is 47.4 Å². The van der Waals surface area contributed by atoms with Gasteiger partial charge in [0.1, 0.15) is 18.3 Å². The number of hydrogen-bond acceptors (Lipinski definition) is 6. The summed E-state index contributed by atoms with van der Waals surface area (Å²) in [6.45, 7) is 1.18. The van der Waals surface area contributed by atoms with Crippen LogP contribution in [-0.4, -0.2) is 58.9 Å². The minimum Gasteiger partial charge on any atom is -0.385 e. The van der Waals surface area contributed by atoms with Gasteiger partial charge in [-0.3, -0.25) is 0 Å². The number of amides is 2. The van der Waals surface area contributed by atoms with Crippen LogP contribution in [0.1, 0.15) is 24.8 Å². The quantitative estimate of drug-likeness (QED) is 0.704. The third-order valence-electron chi connectivity index (χ3n) is 5.11. The fourth-order valence-corrected chi connectivity index (χ4v) is 3.50. The number of nitrogens with zero attached hydrogens (tertiary/aromatic N) is 7. The monoisotopic (exact) mass is 382 g/mol. The highest BCUT2D eigenvalue weighted by Gasteiger charge is 2.30. The molecule has 0 radical (unpaired) electrons. The molecular weight excluding hydrogens is 360 g/mol. The van der Waals surface area contributed by atoms with E-state index < -0.39 is 6.10 Å². The van der Waals surface area contributed by atoms with E-state index in [4.69, 9.17) is 0 Å². The molecule has 1 atom stereocenters. The average Bonchev–Trinajstić information content (AvgIpc) is 3.40. The number of likely N-dealkylation sites (tertiary alicyclic amines) is 1. The van der Waals surface area contributed by atoms with Gasteiger partial charge in [0.2, 0.25) is 0 Å². The molecule has 1 fully saturated rings.